The van der Waals surface area contributed by atoms with Crippen LogP contribution in [0.15, 0.2) is 35.4 Å². The van der Waals surface area contributed by atoms with Gasteiger partial charge in [-0.05, 0) is 17.7 Å². The number of rotatable bonds is 4. The van der Waals surface area contributed by atoms with E-state index in [9.17, 15) is 9.59 Å². The van der Waals surface area contributed by atoms with Crippen molar-refractivity contribution in [2.75, 3.05) is 7.11 Å². The van der Waals surface area contributed by atoms with Crippen LogP contribution in [0.4, 0.5) is 0 Å². The van der Waals surface area contributed by atoms with E-state index in [0.717, 1.165) is 11.3 Å². The molecule has 5 nitrogen and oxygen atoms in total. The van der Waals surface area contributed by atoms with Crippen molar-refractivity contribution in [3.05, 3.63) is 40.9 Å². The van der Waals surface area contributed by atoms with Gasteiger partial charge in [-0.3, -0.25) is 9.69 Å². The van der Waals surface area contributed by atoms with Crippen LogP contribution < -0.4 is 4.74 Å². The van der Waals surface area contributed by atoms with E-state index in [4.69, 9.17) is 9.47 Å². The van der Waals surface area contributed by atoms with E-state index in [0.29, 0.717) is 0 Å². The monoisotopic (exact) mass is 447 g/mol. The van der Waals surface area contributed by atoms with Gasteiger partial charge in [-0.1, -0.05) is 44.0 Å². The fourth-order valence-electron chi connectivity index (χ4n) is 2.13. The van der Waals surface area contributed by atoms with Crippen molar-refractivity contribution in [3.63, 3.8) is 0 Å². The first-order valence-electron chi connectivity index (χ1n) is 6.32. The van der Waals surface area contributed by atoms with Gasteiger partial charge in [-0.2, -0.15) is 0 Å². The molecule has 0 aliphatic carbocycles. The molecule has 1 aromatic carbocycles. The second kappa shape index (κ2) is 5.90. The minimum atomic E-state index is -0.792. The van der Waals surface area contributed by atoms with E-state index in [1.807, 2.05) is 12.1 Å². The van der Waals surface area contributed by atoms with Gasteiger partial charge in [0, 0.05) is 5.41 Å². The van der Waals surface area contributed by atoms with Gasteiger partial charge in [0.05, 0.1) is 7.11 Å². The Labute approximate surface area is 148 Å². The number of carbonyl (C=O) groups excluding carboxylic acids is 2. The highest BCUT2D eigenvalue weighted by Gasteiger charge is 2.62. The third-order valence-corrected chi connectivity index (χ3v) is 6.69. The van der Waals surface area contributed by atoms with Gasteiger partial charge in [-0.25, -0.2) is 4.79 Å². The van der Waals surface area contributed by atoms with Crippen LogP contribution in [0, 0.1) is 0 Å². The zero-order valence-electron chi connectivity index (χ0n) is 11.4. The minimum absolute atomic E-state index is 0.144. The number of alkyl halides is 2. The molecule has 0 spiro atoms. The number of hydrogen-bond donors (Lipinski definition) is 0. The maximum absolute atomic E-state index is 12.1. The van der Waals surface area contributed by atoms with Gasteiger partial charge >= 0.3 is 5.97 Å². The summed E-state index contributed by atoms with van der Waals surface area (Å²) in [7, 11) is 1.59. The zero-order chi connectivity index (χ0) is 15.9. The third kappa shape index (κ3) is 2.57. The van der Waals surface area contributed by atoms with Gasteiger partial charge in [0.25, 0.3) is 5.91 Å². The standard InChI is InChI=1S/C14H11Br2NO4S/c1-20-9-4-2-8(3-5-9)6-21-11(18)10-7-22-13-14(15,16)12(19)17(10)13/h2-5,7,13H,6H2,1H3/t13-/m0/s1. The number of esters is 1. The summed E-state index contributed by atoms with van der Waals surface area (Å²) >= 11 is 8.02. The van der Waals surface area contributed by atoms with Crippen LogP contribution >= 0.6 is 43.6 Å². The van der Waals surface area contributed by atoms with Crippen LogP contribution in [0.5, 0.6) is 5.75 Å². The number of benzene rings is 1. The lowest BCUT2D eigenvalue weighted by molar-refractivity contribution is -0.149. The highest BCUT2D eigenvalue weighted by Crippen LogP contribution is 2.55. The first kappa shape index (κ1) is 15.9. The summed E-state index contributed by atoms with van der Waals surface area (Å²) in [4.78, 5) is 25.6. The molecule has 0 saturated carbocycles. The molecule has 22 heavy (non-hydrogen) atoms. The Morgan fingerprint density at radius 2 is 2.05 bits per heavy atom. The molecule has 0 aromatic heterocycles. The van der Waals surface area contributed by atoms with E-state index < -0.39 is 9.20 Å². The van der Waals surface area contributed by atoms with Gasteiger partial charge < -0.3 is 9.47 Å². The Balaban J connectivity index is 1.60. The van der Waals surface area contributed by atoms with E-state index in [1.165, 1.54) is 16.7 Å². The number of thioether (sulfide) groups is 1. The normalized spacial score (nSPS) is 21.8. The van der Waals surface area contributed by atoms with E-state index in [-0.39, 0.29) is 23.6 Å². The topological polar surface area (TPSA) is 55.8 Å². The molecule has 2 heterocycles. The first-order chi connectivity index (χ1) is 10.4. The number of hydrogen-bond acceptors (Lipinski definition) is 5. The van der Waals surface area contributed by atoms with Crippen molar-refractivity contribution < 1.29 is 19.1 Å². The van der Waals surface area contributed by atoms with Crippen molar-refractivity contribution in [1.82, 2.24) is 4.90 Å². The lowest BCUT2D eigenvalue weighted by Crippen LogP contribution is -2.64. The maximum Gasteiger partial charge on any atom is 0.355 e. The highest BCUT2D eigenvalue weighted by atomic mass is 79.9. The smallest absolute Gasteiger partial charge is 0.355 e. The second-order valence-corrected chi connectivity index (χ2v) is 9.23. The molecular formula is C14H11Br2NO4S. The van der Waals surface area contributed by atoms with Gasteiger partial charge in [0.15, 0.2) is 3.23 Å². The summed E-state index contributed by atoms with van der Waals surface area (Å²) in [6.07, 6.45) is 0. The van der Waals surface area contributed by atoms with Gasteiger partial charge in [0.1, 0.15) is 23.4 Å². The number of ether oxygens (including phenoxy) is 2. The fourth-order valence-corrected chi connectivity index (χ4v) is 4.64. The van der Waals surface area contributed by atoms with Crippen molar-refractivity contribution in [2.24, 2.45) is 0 Å². The average Bonchev–Trinajstić information content (AvgIpc) is 2.96. The molecule has 0 unspecified atom stereocenters. The fraction of sp³-hybridized carbons (Fsp3) is 0.286. The number of fused-ring (bicyclic) bond motifs is 1. The molecule has 1 amide bonds. The Kier molecular flexibility index (Phi) is 4.26. The Hall–Kier alpha value is -0.990. The minimum Gasteiger partial charge on any atom is -0.497 e. The summed E-state index contributed by atoms with van der Waals surface area (Å²) in [6, 6.07) is 7.24. The average molecular weight is 449 g/mol. The van der Waals surface area contributed by atoms with E-state index in [1.54, 1.807) is 24.7 Å². The van der Waals surface area contributed by atoms with Crippen molar-refractivity contribution in [2.45, 2.75) is 15.2 Å². The van der Waals surface area contributed by atoms with Crippen LogP contribution in [0.3, 0.4) is 0 Å². The molecule has 1 saturated heterocycles. The Bertz CT molecular complexity index is 659. The molecule has 8 heteroatoms. The van der Waals surface area contributed by atoms with E-state index in [2.05, 4.69) is 31.9 Å². The molecule has 0 bridgehead atoms. The largest absolute Gasteiger partial charge is 0.497 e. The van der Waals surface area contributed by atoms with Crippen LogP contribution in [-0.2, 0) is 20.9 Å². The van der Waals surface area contributed by atoms with Crippen LogP contribution in [0.25, 0.3) is 0 Å². The number of methoxy groups -OCH3 is 1. The summed E-state index contributed by atoms with van der Waals surface area (Å²) in [5.41, 5.74) is 1.13. The summed E-state index contributed by atoms with van der Waals surface area (Å²) in [6.45, 7) is 0.144. The van der Waals surface area contributed by atoms with Crippen LogP contribution in [-0.4, -0.2) is 32.5 Å². The van der Waals surface area contributed by atoms with E-state index >= 15 is 0 Å². The Morgan fingerprint density at radius 3 is 2.68 bits per heavy atom. The molecule has 116 valence electrons. The maximum atomic E-state index is 12.1. The lowest BCUT2D eigenvalue weighted by Gasteiger charge is -2.45. The highest BCUT2D eigenvalue weighted by molar-refractivity contribution is 9.26. The first-order valence-corrected chi connectivity index (χ1v) is 8.85. The molecule has 1 fully saturated rings. The quantitative estimate of drug-likeness (QED) is 0.402. The summed E-state index contributed by atoms with van der Waals surface area (Å²) in [5.74, 6) is 0.0368. The summed E-state index contributed by atoms with van der Waals surface area (Å²) < 4.78 is 9.54. The van der Waals surface area contributed by atoms with Gasteiger partial charge in [0.2, 0.25) is 0 Å². The molecule has 0 N–H and O–H groups in total. The molecule has 1 atom stereocenters. The number of halogens is 2. The number of carbonyl (C=O) groups is 2. The van der Waals surface area contributed by atoms with Crippen molar-refractivity contribution >= 4 is 55.5 Å². The lowest BCUT2D eigenvalue weighted by atomic mass is 10.2. The zero-order valence-corrected chi connectivity index (χ0v) is 15.4. The molecule has 2 aliphatic rings. The molecule has 3 rings (SSSR count). The predicted molar refractivity (Wildman–Crippen MR) is 89.7 cm³/mol. The van der Waals surface area contributed by atoms with Crippen molar-refractivity contribution in [1.29, 1.82) is 0 Å². The molecule has 0 radical (unpaired) electrons. The summed E-state index contributed by atoms with van der Waals surface area (Å²) in [5, 5.41) is 1.49. The van der Waals surface area contributed by atoms with Crippen LogP contribution in [0.1, 0.15) is 5.56 Å². The third-order valence-electron chi connectivity index (χ3n) is 3.35. The number of β-lactam (4-membered cyclic amide) rings is 1. The second-order valence-electron chi connectivity index (χ2n) is 4.71. The van der Waals surface area contributed by atoms with Crippen molar-refractivity contribution in [3.8, 4) is 5.75 Å². The molecular weight excluding hydrogens is 438 g/mol. The number of nitrogens with zero attached hydrogens (tertiary/aromatic N) is 1. The molecule has 2 aliphatic heterocycles. The van der Waals surface area contributed by atoms with Gasteiger partial charge in [-0.15, -0.1) is 11.8 Å². The predicted octanol–water partition coefficient (Wildman–Crippen LogP) is 2.98. The Morgan fingerprint density at radius 1 is 1.36 bits per heavy atom. The molecule has 1 aromatic rings. The van der Waals surface area contributed by atoms with Crippen LogP contribution in [0.2, 0.25) is 0 Å². The SMILES string of the molecule is COc1ccc(COC(=O)C2=CS[C@@H]3N2C(=O)C3(Br)Br)cc1. The number of amides is 1.